The van der Waals surface area contributed by atoms with Gasteiger partial charge in [-0.2, -0.15) is 5.26 Å². The number of carbonyl (C=O) groups is 2. The summed E-state index contributed by atoms with van der Waals surface area (Å²) in [5, 5.41) is 14.4. The maximum Gasteiger partial charge on any atom is 0.281 e. The monoisotopic (exact) mass is 429 g/mol. The highest BCUT2D eigenvalue weighted by molar-refractivity contribution is 6.04. The number of hydrogen-bond acceptors (Lipinski definition) is 5. The number of hydrogen-bond donors (Lipinski definition) is 2. The second-order valence-corrected chi connectivity index (χ2v) is 7.98. The van der Waals surface area contributed by atoms with Crippen LogP contribution in [0.1, 0.15) is 58.4 Å². The average Bonchev–Trinajstić information content (AvgIpc) is 2.84. The molecule has 1 aliphatic carbocycles. The second kappa shape index (κ2) is 9.43. The van der Waals surface area contributed by atoms with Crippen LogP contribution >= 0.6 is 0 Å². The van der Waals surface area contributed by atoms with Crippen molar-refractivity contribution in [1.29, 1.82) is 5.26 Å². The number of nitrogens with zero attached hydrogens (tertiary/aromatic N) is 3. The maximum atomic E-state index is 12.9. The first-order chi connectivity index (χ1) is 15.5. The van der Waals surface area contributed by atoms with Crippen LogP contribution in [0.4, 0.5) is 5.69 Å². The van der Waals surface area contributed by atoms with Gasteiger partial charge in [-0.05, 0) is 55.2 Å². The Kier molecular flexibility index (Phi) is 6.26. The van der Waals surface area contributed by atoms with E-state index in [2.05, 4.69) is 15.6 Å². The fourth-order valence-corrected chi connectivity index (χ4v) is 3.92. The van der Waals surface area contributed by atoms with Crippen molar-refractivity contribution >= 4 is 23.1 Å². The quantitative estimate of drug-likeness (QED) is 0.646. The molecule has 0 bridgehead atoms. The third-order valence-corrected chi connectivity index (χ3v) is 5.76. The van der Waals surface area contributed by atoms with Crippen molar-refractivity contribution in [3.63, 3.8) is 0 Å². The predicted octanol–water partition coefficient (Wildman–Crippen LogP) is 3.13. The van der Waals surface area contributed by atoms with Crippen LogP contribution in [0.2, 0.25) is 0 Å². The molecule has 2 aromatic heterocycles. The number of anilines is 1. The van der Waals surface area contributed by atoms with Crippen molar-refractivity contribution < 1.29 is 9.59 Å². The van der Waals surface area contributed by atoms with Gasteiger partial charge in [-0.3, -0.25) is 18.8 Å². The fourth-order valence-electron chi connectivity index (χ4n) is 3.92. The molecule has 0 saturated heterocycles. The molecule has 1 fully saturated rings. The van der Waals surface area contributed by atoms with Crippen LogP contribution in [0.15, 0.2) is 53.6 Å². The largest absolute Gasteiger partial charge is 0.352 e. The van der Waals surface area contributed by atoms with Gasteiger partial charge >= 0.3 is 0 Å². The normalized spacial score (nSPS) is 14.0. The predicted molar refractivity (Wildman–Crippen MR) is 119 cm³/mol. The van der Waals surface area contributed by atoms with E-state index < -0.39 is 11.5 Å². The molecule has 1 aromatic carbocycles. The van der Waals surface area contributed by atoms with Crippen LogP contribution in [0.25, 0.3) is 5.65 Å². The van der Waals surface area contributed by atoms with E-state index in [1.54, 1.807) is 12.1 Å². The highest BCUT2D eigenvalue weighted by Gasteiger charge is 2.16. The fraction of sp³-hybridized carbons (Fsp3) is 0.292. The van der Waals surface area contributed by atoms with Crippen molar-refractivity contribution in [3.8, 4) is 6.07 Å². The number of nitriles is 1. The number of rotatable bonds is 5. The van der Waals surface area contributed by atoms with Gasteiger partial charge in [0.05, 0.1) is 23.4 Å². The molecular formula is C24H23N5O3. The van der Waals surface area contributed by atoms with Gasteiger partial charge in [0.15, 0.2) is 0 Å². The summed E-state index contributed by atoms with van der Waals surface area (Å²) in [6.45, 7) is 0.630. The summed E-state index contributed by atoms with van der Waals surface area (Å²) in [7, 11) is 0. The topological polar surface area (TPSA) is 116 Å². The molecule has 8 nitrogen and oxygen atoms in total. The maximum absolute atomic E-state index is 12.9. The standard InChI is InChI=1S/C24H23N5O3/c25-12-16-6-8-18(9-7-16)23(31)28-20-14-26-21-11-10-19(15-29(21)24(20)32)22(30)27-13-17-4-2-1-3-5-17/h6-11,14-15,17H,1-5,13H2,(H,27,30)(H,28,31). The second-order valence-electron chi connectivity index (χ2n) is 7.98. The van der Waals surface area contributed by atoms with Crippen molar-refractivity contribution in [3.05, 3.63) is 75.8 Å². The molecule has 8 heteroatoms. The number of nitrogens with one attached hydrogen (secondary N) is 2. The van der Waals surface area contributed by atoms with Crippen LogP contribution in [0.5, 0.6) is 0 Å². The number of aromatic nitrogens is 2. The Bertz CT molecular complexity index is 1250. The lowest BCUT2D eigenvalue weighted by molar-refractivity contribution is 0.0942. The highest BCUT2D eigenvalue weighted by Crippen LogP contribution is 2.22. The molecule has 1 aliphatic rings. The van der Waals surface area contributed by atoms with Gasteiger partial charge in [-0.1, -0.05) is 19.3 Å². The van der Waals surface area contributed by atoms with Gasteiger partial charge in [-0.25, -0.2) is 4.98 Å². The molecule has 162 valence electrons. The zero-order valence-electron chi connectivity index (χ0n) is 17.5. The Morgan fingerprint density at radius 3 is 2.47 bits per heavy atom. The van der Waals surface area contributed by atoms with Crippen molar-refractivity contribution in [2.75, 3.05) is 11.9 Å². The van der Waals surface area contributed by atoms with E-state index in [1.165, 1.54) is 60.3 Å². The molecule has 0 aliphatic heterocycles. The summed E-state index contributed by atoms with van der Waals surface area (Å²) in [5.41, 5.74) is 0.978. The first kappa shape index (κ1) is 21.2. The Morgan fingerprint density at radius 1 is 1.03 bits per heavy atom. The molecule has 2 N–H and O–H groups in total. The Labute approximate surface area is 184 Å². The van der Waals surface area contributed by atoms with Crippen LogP contribution < -0.4 is 16.2 Å². The molecule has 32 heavy (non-hydrogen) atoms. The number of carbonyl (C=O) groups excluding carboxylic acids is 2. The Hall–Kier alpha value is -3.99. The van der Waals surface area contributed by atoms with Crippen molar-refractivity contribution in [2.45, 2.75) is 32.1 Å². The first-order valence-electron chi connectivity index (χ1n) is 10.7. The first-order valence-corrected chi connectivity index (χ1v) is 10.7. The minimum Gasteiger partial charge on any atom is -0.352 e. The molecule has 0 spiro atoms. The van der Waals surface area contributed by atoms with Gasteiger partial charge in [0, 0.05) is 18.3 Å². The number of benzene rings is 1. The van der Waals surface area contributed by atoms with Gasteiger partial charge in [0.2, 0.25) is 0 Å². The van der Waals surface area contributed by atoms with Crippen LogP contribution in [-0.4, -0.2) is 27.7 Å². The minimum absolute atomic E-state index is 0.00313. The lowest BCUT2D eigenvalue weighted by atomic mass is 9.89. The molecule has 3 aromatic rings. The summed E-state index contributed by atoms with van der Waals surface area (Å²) >= 11 is 0. The number of amides is 2. The van der Waals surface area contributed by atoms with Crippen molar-refractivity contribution in [1.82, 2.24) is 14.7 Å². The SMILES string of the molecule is N#Cc1ccc(C(=O)Nc2cnc3ccc(C(=O)NCC4CCCCC4)cn3c2=O)cc1. The summed E-state index contributed by atoms with van der Waals surface area (Å²) < 4.78 is 1.25. The minimum atomic E-state index is -0.491. The lowest BCUT2D eigenvalue weighted by Gasteiger charge is -2.21. The third-order valence-electron chi connectivity index (χ3n) is 5.76. The summed E-state index contributed by atoms with van der Waals surface area (Å²) in [5.74, 6) is -0.229. The van der Waals surface area contributed by atoms with Crippen LogP contribution in [0.3, 0.4) is 0 Å². The third kappa shape index (κ3) is 4.67. The highest BCUT2D eigenvalue weighted by atomic mass is 16.2. The summed E-state index contributed by atoms with van der Waals surface area (Å²) in [4.78, 5) is 42.2. The van der Waals surface area contributed by atoms with E-state index in [9.17, 15) is 14.4 Å². The van der Waals surface area contributed by atoms with Crippen molar-refractivity contribution in [2.24, 2.45) is 5.92 Å². The van der Waals surface area contributed by atoms with Crippen LogP contribution in [-0.2, 0) is 0 Å². The van der Waals surface area contributed by atoms with E-state index >= 15 is 0 Å². The van der Waals surface area contributed by atoms with E-state index in [0.29, 0.717) is 34.8 Å². The molecule has 4 rings (SSSR count). The van der Waals surface area contributed by atoms with E-state index in [1.807, 2.05) is 6.07 Å². The van der Waals surface area contributed by atoms with Gasteiger partial charge < -0.3 is 10.6 Å². The number of fused-ring (bicyclic) bond motifs is 1. The molecule has 1 saturated carbocycles. The van der Waals surface area contributed by atoms with Crippen LogP contribution in [0, 0.1) is 17.2 Å². The van der Waals surface area contributed by atoms with E-state index in [0.717, 1.165) is 12.8 Å². The Morgan fingerprint density at radius 2 is 1.75 bits per heavy atom. The average molecular weight is 429 g/mol. The van der Waals surface area contributed by atoms with Gasteiger partial charge in [-0.15, -0.1) is 0 Å². The molecule has 0 radical (unpaired) electrons. The molecule has 0 unspecified atom stereocenters. The zero-order valence-corrected chi connectivity index (χ0v) is 17.5. The zero-order chi connectivity index (χ0) is 22.5. The Balaban J connectivity index is 1.51. The lowest BCUT2D eigenvalue weighted by Crippen LogP contribution is -2.31. The van der Waals surface area contributed by atoms with Gasteiger partial charge in [0.1, 0.15) is 11.3 Å². The smallest absolute Gasteiger partial charge is 0.281 e. The molecular weight excluding hydrogens is 406 g/mol. The summed E-state index contributed by atoms with van der Waals surface area (Å²) in [6.07, 6.45) is 8.66. The van der Waals surface area contributed by atoms with Gasteiger partial charge in [0.25, 0.3) is 17.4 Å². The molecule has 2 heterocycles. The molecule has 2 amide bonds. The molecule has 0 atom stereocenters. The summed E-state index contributed by atoms with van der Waals surface area (Å²) in [6, 6.07) is 11.3. The van der Waals surface area contributed by atoms with E-state index in [4.69, 9.17) is 5.26 Å². The number of pyridine rings is 1. The van der Waals surface area contributed by atoms with E-state index in [-0.39, 0.29) is 11.6 Å².